The SMILES string of the molecule is CN1CCc2c(N3CCNCC3)c(F)c(N)c3c(=O)c(C(=O)O)cn1c23. The van der Waals surface area contributed by atoms with E-state index in [1.54, 1.807) is 16.7 Å². The summed E-state index contributed by atoms with van der Waals surface area (Å²) in [6, 6.07) is 0. The quantitative estimate of drug-likeness (QED) is 0.645. The second-order valence-corrected chi connectivity index (χ2v) is 6.67. The van der Waals surface area contributed by atoms with Crippen LogP contribution < -0.4 is 26.4 Å². The molecule has 2 aromatic rings. The first kappa shape index (κ1) is 16.6. The van der Waals surface area contributed by atoms with E-state index in [-0.39, 0.29) is 11.1 Å². The summed E-state index contributed by atoms with van der Waals surface area (Å²) in [5.74, 6) is -1.99. The minimum atomic E-state index is -1.35. The number of carboxylic acids is 1. The third-order valence-corrected chi connectivity index (χ3v) is 5.19. The lowest BCUT2D eigenvalue weighted by atomic mass is 9.97. The number of benzene rings is 1. The number of nitrogens with one attached hydrogen (secondary N) is 1. The monoisotopic (exact) mass is 361 g/mol. The van der Waals surface area contributed by atoms with Crippen molar-refractivity contribution >= 4 is 28.2 Å². The van der Waals surface area contributed by atoms with Crippen LogP contribution in [0, 0.1) is 5.82 Å². The average molecular weight is 361 g/mol. The molecule has 0 spiro atoms. The van der Waals surface area contributed by atoms with Crippen molar-refractivity contribution in [3.63, 3.8) is 0 Å². The Hall–Kier alpha value is -2.81. The molecule has 4 N–H and O–H groups in total. The maximum atomic E-state index is 15.2. The number of aromatic nitrogens is 1. The van der Waals surface area contributed by atoms with Gasteiger partial charge in [-0.15, -0.1) is 0 Å². The van der Waals surface area contributed by atoms with Gasteiger partial charge in [0.15, 0.2) is 5.82 Å². The molecule has 4 rings (SSSR count). The van der Waals surface area contributed by atoms with Crippen molar-refractivity contribution in [2.24, 2.45) is 0 Å². The van der Waals surface area contributed by atoms with E-state index in [2.05, 4.69) is 5.32 Å². The van der Waals surface area contributed by atoms with Crippen molar-refractivity contribution in [3.05, 3.63) is 33.4 Å². The van der Waals surface area contributed by atoms with Gasteiger partial charge >= 0.3 is 5.97 Å². The molecule has 1 fully saturated rings. The molecule has 0 unspecified atom stereocenters. The zero-order chi connectivity index (χ0) is 18.6. The summed E-state index contributed by atoms with van der Waals surface area (Å²) >= 11 is 0. The summed E-state index contributed by atoms with van der Waals surface area (Å²) in [5.41, 5.74) is 6.21. The van der Waals surface area contributed by atoms with Crippen LogP contribution in [0.15, 0.2) is 11.0 Å². The molecule has 1 aromatic heterocycles. The van der Waals surface area contributed by atoms with E-state index >= 15 is 4.39 Å². The molecule has 0 aliphatic carbocycles. The number of likely N-dealkylation sites (N-methyl/N-ethyl adjacent to an activating group) is 1. The van der Waals surface area contributed by atoms with Gasteiger partial charge in [-0.2, -0.15) is 0 Å². The van der Waals surface area contributed by atoms with Crippen LogP contribution in [0.2, 0.25) is 0 Å². The van der Waals surface area contributed by atoms with Crippen LogP contribution in [-0.4, -0.2) is 55.5 Å². The molecule has 0 radical (unpaired) electrons. The number of nitrogens with two attached hydrogens (primary N) is 1. The topological polar surface area (TPSA) is 104 Å². The van der Waals surface area contributed by atoms with Crippen LogP contribution in [0.4, 0.5) is 15.8 Å². The molecule has 8 nitrogen and oxygen atoms in total. The van der Waals surface area contributed by atoms with Crippen LogP contribution in [0.3, 0.4) is 0 Å². The third kappa shape index (κ3) is 2.23. The van der Waals surface area contributed by atoms with Gasteiger partial charge in [-0.25, -0.2) is 9.18 Å². The Kier molecular flexibility index (Phi) is 3.76. The van der Waals surface area contributed by atoms with E-state index in [9.17, 15) is 14.7 Å². The fraction of sp³-hybridized carbons (Fsp3) is 0.412. The van der Waals surface area contributed by atoms with Crippen LogP contribution in [0.25, 0.3) is 10.9 Å². The number of nitrogen functional groups attached to an aromatic ring is 1. The number of pyridine rings is 1. The van der Waals surface area contributed by atoms with Crippen molar-refractivity contribution in [2.45, 2.75) is 6.42 Å². The lowest BCUT2D eigenvalue weighted by Gasteiger charge is -2.36. The maximum absolute atomic E-state index is 15.2. The first-order chi connectivity index (χ1) is 12.4. The number of carboxylic acid groups (broad SMARTS) is 1. The maximum Gasteiger partial charge on any atom is 0.341 e. The Morgan fingerprint density at radius 3 is 2.65 bits per heavy atom. The molecule has 138 valence electrons. The lowest BCUT2D eigenvalue weighted by molar-refractivity contribution is 0.0695. The minimum absolute atomic E-state index is 0.0529. The van der Waals surface area contributed by atoms with Crippen molar-refractivity contribution < 1.29 is 14.3 Å². The van der Waals surface area contributed by atoms with Gasteiger partial charge in [-0.3, -0.25) is 9.47 Å². The summed E-state index contributed by atoms with van der Waals surface area (Å²) in [7, 11) is 1.79. The number of halogens is 1. The molecule has 2 aliphatic heterocycles. The number of anilines is 2. The largest absolute Gasteiger partial charge is 0.477 e. The van der Waals surface area contributed by atoms with Crippen molar-refractivity contribution in [1.82, 2.24) is 9.99 Å². The molecular weight excluding hydrogens is 341 g/mol. The molecule has 3 heterocycles. The van der Waals surface area contributed by atoms with Gasteiger partial charge in [0.2, 0.25) is 5.43 Å². The Labute approximate surface area is 148 Å². The lowest BCUT2D eigenvalue weighted by Crippen LogP contribution is -2.45. The molecule has 0 saturated carbocycles. The van der Waals surface area contributed by atoms with Gasteiger partial charge in [-0.05, 0) is 6.42 Å². The average Bonchev–Trinajstić information content (AvgIpc) is 2.62. The van der Waals surface area contributed by atoms with E-state index in [1.807, 2.05) is 4.90 Å². The van der Waals surface area contributed by atoms with Gasteiger partial charge in [0, 0.05) is 51.5 Å². The molecule has 26 heavy (non-hydrogen) atoms. The Morgan fingerprint density at radius 1 is 1.31 bits per heavy atom. The number of piperazine rings is 1. The van der Waals surface area contributed by atoms with E-state index < -0.39 is 22.8 Å². The van der Waals surface area contributed by atoms with Crippen LogP contribution in [-0.2, 0) is 6.42 Å². The zero-order valence-electron chi connectivity index (χ0n) is 14.4. The third-order valence-electron chi connectivity index (χ3n) is 5.19. The molecule has 1 aromatic carbocycles. The highest BCUT2D eigenvalue weighted by atomic mass is 19.1. The summed E-state index contributed by atoms with van der Waals surface area (Å²) in [6.07, 6.45) is 1.85. The first-order valence-electron chi connectivity index (χ1n) is 8.51. The fourth-order valence-electron chi connectivity index (χ4n) is 3.88. The van der Waals surface area contributed by atoms with E-state index in [0.29, 0.717) is 42.8 Å². The highest BCUT2D eigenvalue weighted by Crippen LogP contribution is 2.38. The Morgan fingerprint density at radius 2 is 2.00 bits per heavy atom. The standard InChI is InChI=1S/C17H20FN5O3/c1-21-5-2-9-14-11(16(24)10(17(25)26)8-23(14)21)13(19)12(18)15(9)22-6-3-20-4-7-22/h8,20H,2-7,19H2,1H3,(H,25,26). The summed E-state index contributed by atoms with van der Waals surface area (Å²) in [5, 5.41) is 14.3. The first-order valence-corrected chi connectivity index (χ1v) is 8.51. The second kappa shape index (κ2) is 5.87. The van der Waals surface area contributed by atoms with Gasteiger partial charge in [0.25, 0.3) is 0 Å². The van der Waals surface area contributed by atoms with E-state index in [0.717, 1.165) is 13.1 Å². The van der Waals surface area contributed by atoms with Gasteiger partial charge in [-0.1, -0.05) is 0 Å². The van der Waals surface area contributed by atoms with Crippen LogP contribution in [0.5, 0.6) is 0 Å². The fourth-order valence-corrected chi connectivity index (χ4v) is 3.88. The Bertz CT molecular complexity index is 981. The number of carbonyl (C=O) groups is 1. The number of hydrogen-bond acceptors (Lipinski definition) is 6. The summed E-state index contributed by atoms with van der Waals surface area (Å²) in [6.45, 7) is 3.33. The minimum Gasteiger partial charge on any atom is -0.477 e. The predicted octanol–water partition coefficient (Wildman–Crippen LogP) is -0.0455. The normalized spacial score (nSPS) is 17.0. The van der Waals surface area contributed by atoms with E-state index in [4.69, 9.17) is 5.73 Å². The van der Waals surface area contributed by atoms with Gasteiger partial charge in [0.05, 0.1) is 22.3 Å². The van der Waals surface area contributed by atoms with Gasteiger partial charge < -0.3 is 26.1 Å². The number of nitrogens with zero attached hydrogens (tertiary/aromatic N) is 3. The summed E-state index contributed by atoms with van der Waals surface area (Å²) < 4.78 is 16.8. The number of rotatable bonds is 2. The number of hydrogen-bond donors (Lipinski definition) is 3. The van der Waals surface area contributed by atoms with Gasteiger partial charge in [0.1, 0.15) is 5.56 Å². The highest BCUT2D eigenvalue weighted by Gasteiger charge is 2.30. The molecule has 2 aliphatic rings. The van der Waals surface area contributed by atoms with Crippen molar-refractivity contribution in [2.75, 3.05) is 55.4 Å². The molecule has 0 amide bonds. The molecule has 0 atom stereocenters. The smallest absolute Gasteiger partial charge is 0.341 e. The molecule has 1 saturated heterocycles. The molecule has 0 bridgehead atoms. The van der Waals surface area contributed by atoms with E-state index in [1.165, 1.54) is 6.20 Å². The second-order valence-electron chi connectivity index (χ2n) is 6.67. The molecular formula is C17H20FN5O3. The number of aromatic carboxylic acids is 1. The zero-order valence-corrected chi connectivity index (χ0v) is 14.4. The molecule has 9 heteroatoms. The van der Waals surface area contributed by atoms with Crippen molar-refractivity contribution in [1.29, 1.82) is 0 Å². The van der Waals surface area contributed by atoms with Crippen LogP contribution in [0.1, 0.15) is 15.9 Å². The Balaban J connectivity index is 2.13. The van der Waals surface area contributed by atoms with Crippen LogP contribution >= 0.6 is 0 Å². The van der Waals surface area contributed by atoms with Crippen molar-refractivity contribution in [3.8, 4) is 0 Å². The summed E-state index contributed by atoms with van der Waals surface area (Å²) in [4.78, 5) is 26.1. The highest BCUT2D eigenvalue weighted by molar-refractivity contribution is 6.01. The predicted molar refractivity (Wildman–Crippen MR) is 97.3 cm³/mol.